The molecule has 0 radical (unpaired) electrons. The average Bonchev–Trinajstić information content (AvgIpc) is 3.70. The van der Waals surface area contributed by atoms with Crippen molar-refractivity contribution in [1.82, 2.24) is 9.88 Å². The molecule has 226 valence electrons. The predicted octanol–water partition coefficient (Wildman–Crippen LogP) is 10.3. The van der Waals surface area contributed by atoms with Crippen LogP contribution in [0, 0.1) is 0 Å². The lowest BCUT2D eigenvalue weighted by atomic mass is 10.0. The molecule has 0 fully saturated rings. The lowest BCUT2D eigenvalue weighted by Gasteiger charge is -2.23. The number of furan rings is 1. The molecule has 10 rings (SSSR count). The highest BCUT2D eigenvalue weighted by atomic mass is 16.3. The molecule has 1 unspecified atom stereocenters. The van der Waals surface area contributed by atoms with Crippen molar-refractivity contribution in [2.75, 3.05) is 0 Å². The van der Waals surface area contributed by atoms with E-state index in [-0.39, 0.29) is 6.17 Å². The van der Waals surface area contributed by atoms with Gasteiger partial charge in [0.1, 0.15) is 23.2 Å². The molecule has 48 heavy (non-hydrogen) atoms. The van der Waals surface area contributed by atoms with Gasteiger partial charge in [0.25, 0.3) is 0 Å². The number of hydrogen-bond acceptors (Lipinski definition) is 4. The Hall–Kier alpha value is -6.46. The zero-order valence-corrected chi connectivity index (χ0v) is 25.8. The van der Waals surface area contributed by atoms with Gasteiger partial charge >= 0.3 is 0 Å². The topological polar surface area (TPSA) is 54.8 Å². The molecule has 0 saturated heterocycles. The second-order valence-electron chi connectivity index (χ2n) is 12.3. The Morgan fingerprint density at radius 1 is 0.562 bits per heavy atom. The predicted molar refractivity (Wildman–Crippen MR) is 197 cm³/mol. The number of aromatic nitrogens is 1. The highest BCUT2D eigenvalue weighted by Crippen LogP contribution is 2.37. The smallest absolute Gasteiger partial charge is 0.163 e. The first-order chi connectivity index (χ1) is 23.8. The highest BCUT2D eigenvalue weighted by Gasteiger charge is 2.24. The average molecular weight is 617 g/mol. The molecular formula is C43H28N4O. The van der Waals surface area contributed by atoms with Gasteiger partial charge < -0.3 is 14.3 Å². The molecule has 1 N–H and O–H groups in total. The minimum absolute atomic E-state index is 0.304. The third-order valence-electron chi connectivity index (χ3n) is 9.44. The Bertz CT molecular complexity index is 2720. The highest BCUT2D eigenvalue weighted by molar-refractivity contribution is 6.20. The van der Waals surface area contributed by atoms with Gasteiger partial charge in [0.2, 0.25) is 0 Å². The minimum atomic E-state index is -0.304. The zero-order valence-electron chi connectivity index (χ0n) is 25.8. The SMILES string of the molecule is c1ccc(C2N=C(c3cccc4c3oc3ccc(-n5c6ccccc6c6ccccc65)cc34)N=C(c3ccc4ccccc4c3)N2)cc1. The summed E-state index contributed by atoms with van der Waals surface area (Å²) in [5.74, 6) is 1.42. The third-order valence-corrected chi connectivity index (χ3v) is 9.44. The molecule has 0 saturated carbocycles. The summed E-state index contributed by atoms with van der Waals surface area (Å²) < 4.78 is 8.99. The van der Waals surface area contributed by atoms with Crippen molar-refractivity contribution in [2.45, 2.75) is 6.17 Å². The number of benzene rings is 7. The fraction of sp³-hybridized carbons (Fsp3) is 0.0233. The summed E-state index contributed by atoms with van der Waals surface area (Å²) in [4.78, 5) is 10.3. The fourth-order valence-electron chi connectivity index (χ4n) is 7.16. The van der Waals surface area contributed by atoms with Crippen molar-refractivity contribution in [3.8, 4) is 5.69 Å². The molecule has 1 aliphatic rings. The summed E-state index contributed by atoms with van der Waals surface area (Å²) in [5.41, 5.74) is 7.99. The van der Waals surface area contributed by atoms with E-state index < -0.39 is 0 Å². The van der Waals surface area contributed by atoms with Crippen molar-refractivity contribution < 1.29 is 4.42 Å². The van der Waals surface area contributed by atoms with Crippen LogP contribution in [-0.2, 0) is 0 Å². The molecular weight excluding hydrogens is 589 g/mol. The molecule has 3 heterocycles. The van der Waals surface area contributed by atoms with Gasteiger partial charge in [-0.1, -0.05) is 115 Å². The first-order valence-corrected chi connectivity index (χ1v) is 16.2. The quantitative estimate of drug-likeness (QED) is 0.214. The van der Waals surface area contributed by atoms with Crippen LogP contribution in [0.25, 0.3) is 60.2 Å². The molecule has 0 aliphatic carbocycles. The minimum Gasteiger partial charge on any atom is -0.455 e. The molecule has 1 aliphatic heterocycles. The fourth-order valence-corrected chi connectivity index (χ4v) is 7.16. The van der Waals surface area contributed by atoms with Gasteiger partial charge in [-0.15, -0.1) is 0 Å². The van der Waals surface area contributed by atoms with Gasteiger partial charge in [-0.2, -0.15) is 0 Å². The lowest BCUT2D eigenvalue weighted by molar-refractivity contribution is 0.663. The standard InChI is InChI=1S/C43H28N4O/c1-2-12-28(13-3-1)41-44-42(30-22-21-27-11-4-5-14-29(27)25-30)46-43(45-41)35-18-10-17-34-36-26-31(23-24-39(36)48-40(34)35)47-37-19-8-6-15-32(37)33-16-7-9-20-38(33)47/h1-26,41H,(H,44,45,46). The van der Waals surface area contributed by atoms with E-state index in [1.165, 1.54) is 32.6 Å². The summed E-state index contributed by atoms with van der Waals surface area (Å²) in [6, 6.07) is 55.1. The third kappa shape index (κ3) is 4.18. The van der Waals surface area contributed by atoms with E-state index in [2.05, 4.69) is 149 Å². The summed E-state index contributed by atoms with van der Waals surface area (Å²) >= 11 is 0. The van der Waals surface area contributed by atoms with Crippen molar-refractivity contribution >= 4 is 66.2 Å². The normalized spacial score (nSPS) is 14.9. The van der Waals surface area contributed by atoms with Crippen LogP contribution in [0.5, 0.6) is 0 Å². The van der Waals surface area contributed by atoms with E-state index in [0.717, 1.165) is 50.2 Å². The summed E-state index contributed by atoms with van der Waals surface area (Å²) in [5, 5.41) is 10.5. The van der Waals surface area contributed by atoms with Crippen LogP contribution in [0.1, 0.15) is 22.9 Å². The van der Waals surface area contributed by atoms with Gasteiger partial charge in [-0.05, 0) is 58.8 Å². The first kappa shape index (κ1) is 26.7. The van der Waals surface area contributed by atoms with Crippen molar-refractivity contribution in [1.29, 1.82) is 0 Å². The number of fused-ring (bicyclic) bond motifs is 7. The van der Waals surface area contributed by atoms with E-state index >= 15 is 0 Å². The van der Waals surface area contributed by atoms with Crippen LogP contribution in [-0.4, -0.2) is 16.2 Å². The number of nitrogens with zero attached hydrogens (tertiary/aromatic N) is 3. The number of para-hydroxylation sites is 3. The number of rotatable bonds is 4. The zero-order chi connectivity index (χ0) is 31.6. The molecule has 5 heteroatoms. The van der Waals surface area contributed by atoms with Crippen LogP contribution >= 0.6 is 0 Å². The van der Waals surface area contributed by atoms with Crippen LogP contribution < -0.4 is 5.32 Å². The Morgan fingerprint density at radius 3 is 2.08 bits per heavy atom. The molecule has 9 aromatic rings. The van der Waals surface area contributed by atoms with E-state index in [1.807, 2.05) is 18.2 Å². The van der Waals surface area contributed by atoms with Gasteiger partial charge in [0.05, 0.1) is 16.6 Å². The summed E-state index contributed by atoms with van der Waals surface area (Å²) in [6.45, 7) is 0. The van der Waals surface area contributed by atoms with Gasteiger partial charge in [0, 0.05) is 32.8 Å². The number of nitrogens with one attached hydrogen (secondary N) is 1. The maximum atomic E-state index is 6.64. The summed E-state index contributed by atoms with van der Waals surface area (Å²) in [6.07, 6.45) is -0.304. The molecule has 0 spiro atoms. The molecule has 2 aromatic heterocycles. The van der Waals surface area contributed by atoms with E-state index in [0.29, 0.717) is 5.84 Å². The van der Waals surface area contributed by atoms with E-state index in [4.69, 9.17) is 14.4 Å². The molecule has 0 bridgehead atoms. The second-order valence-corrected chi connectivity index (χ2v) is 12.3. The largest absolute Gasteiger partial charge is 0.455 e. The van der Waals surface area contributed by atoms with Crippen LogP contribution in [0.4, 0.5) is 0 Å². The van der Waals surface area contributed by atoms with Crippen molar-refractivity contribution in [3.63, 3.8) is 0 Å². The Labute approximate surface area is 276 Å². The molecule has 1 atom stereocenters. The maximum absolute atomic E-state index is 6.64. The molecule has 7 aromatic carbocycles. The number of hydrogen-bond donors (Lipinski definition) is 1. The number of amidine groups is 2. The number of aliphatic imine (C=N–C) groups is 2. The van der Waals surface area contributed by atoms with Crippen LogP contribution in [0.2, 0.25) is 0 Å². The maximum Gasteiger partial charge on any atom is 0.163 e. The van der Waals surface area contributed by atoms with Crippen molar-refractivity contribution in [2.24, 2.45) is 9.98 Å². The van der Waals surface area contributed by atoms with Crippen molar-refractivity contribution in [3.05, 3.63) is 174 Å². The first-order valence-electron chi connectivity index (χ1n) is 16.2. The van der Waals surface area contributed by atoms with Crippen LogP contribution in [0.3, 0.4) is 0 Å². The van der Waals surface area contributed by atoms with Crippen LogP contribution in [0.15, 0.2) is 172 Å². The van der Waals surface area contributed by atoms with Gasteiger partial charge in [-0.25, -0.2) is 9.98 Å². The van der Waals surface area contributed by atoms with Gasteiger partial charge in [-0.3, -0.25) is 0 Å². The Morgan fingerprint density at radius 2 is 1.27 bits per heavy atom. The second kappa shape index (κ2) is 10.5. The van der Waals surface area contributed by atoms with E-state index in [9.17, 15) is 0 Å². The Balaban J connectivity index is 1.15. The summed E-state index contributed by atoms with van der Waals surface area (Å²) in [7, 11) is 0. The van der Waals surface area contributed by atoms with E-state index in [1.54, 1.807) is 0 Å². The molecule has 0 amide bonds. The Kier molecular flexibility index (Phi) is 5.87. The van der Waals surface area contributed by atoms with Gasteiger partial charge in [0.15, 0.2) is 5.84 Å². The monoisotopic (exact) mass is 616 g/mol. The molecule has 5 nitrogen and oxygen atoms in total. The lowest BCUT2D eigenvalue weighted by Crippen LogP contribution is -2.33.